The third kappa shape index (κ3) is 4.56. The van der Waals surface area contributed by atoms with Crippen LogP contribution in [-0.4, -0.2) is 35.6 Å². The van der Waals surface area contributed by atoms with E-state index in [1.165, 1.54) is 24.2 Å². The maximum atomic E-state index is 15.2. The minimum atomic E-state index is -1.40. The molecule has 0 aromatic heterocycles. The number of carbonyl (C=O) groups is 4. The molecule has 6 unspecified atom stereocenters. The number of anilines is 1. The van der Waals surface area contributed by atoms with Gasteiger partial charge in [-0.05, 0) is 66.6 Å². The number of hydrogen-bond acceptors (Lipinski definition) is 6. The molecule has 0 spiro atoms. The number of benzene rings is 4. The van der Waals surface area contributed by atoms with Gasteiger partial charge in [0, 0.05) is 34.1 Å². The van der Waals surface area contributed by atoms with E-state index >= 15 is 9.59 Å². The molecule has 1 N–H and O–H groups in total. The predicted molar refractivity (Wildman–Crippen MR) is 190 cm³/mol. The van der Waals surface area contributed by atoms with Crippen LogP contribution in [0.4, 0.5) is 5.69 Å². The summed E-state index contributed by atoms with van der Waals surface area (Å²) in [6.07, 6.45) is 3.97. The number of imide groups is 1. The molecular formula is C42H34ClNO6. The Balaban J connectivity index is 1.37. The minimum Gasteiger partial charge on any atom is -0.508 e. The molecule has 1 saturated carbocycles. The van der Waals surface area contributed by atoms with Crippen molar-refractivity contribution in [1.29, 1.82) is 0 Å². The molecule has 4 aliphatic rings. The van der Waals surface area contributed by atoms with Gasteiger partial charge >= 0.3 is 0 Å². The number of rotatable bonds is 5. The highest BCUT2D eigenvalue weighted by Gasteiger charge is 2.66. The number of carbonyl (C=O) groups excluding carboxylic acids is 4. The number of allylic oxidation sites excluding steroid dienone is 4. The summed E-state index contributed by atoms with van der Waals surface area (Å²) in [5, 5.41) is 11.0. The average molecular weight is 684 g/mol. The summed E-state index contributed by atoms with van der Waals surface area (Å²) in [7, 11) is 1.50. The quantitative estimate of drug-likeness (QED) is 0.174. The van der Waals surface area contributed by atoms with Crippen LogP contribution in [0.25, 0.3) is 5.57 Å². The molecule has 3 aliphatic carbocycles. The van der Waals surface area contributed by atoms with Crippen LogP contribution in [-0.2, 0) is 24.6 Å². The number of nitrogens with zero attached hydrogens (tertiary/aromatic N) is 1. The molecule has 50 heavy (non-hydrogen) atoms. The molecule has 6 atom stereocenters. The van der Waals surface area contributed by atoms with Crippen LogP contribution in [0, 0.1) is 30.6 Å². The van der Waals surface area contributed by atoms with Crippen molar-refractivity contribution in [2.24, 2.45) is 23.7 Å². The molecule has 1 saturated heterocycles. The molecule has 0 radical (unpaired) electrons. The second-order valence-corrected chi connectivity index (χ2v) is 14.1. The predicted octanol–water partition coefficient (Wildman–Crippen LogP) is 7.39. The molecule has 1 aliphatic heterocycles. The van der Waals surface area contributed by atoms with Gasteiger partial charge in [0.15, 0.2) is 11.6 Å². The van der Waals surface area contributed by atoms with E-state index in [1.54, 1.807) is 30.3 Å². The van der Waals surface area contributed by atoms with Gasteiger partial charge in [0.1, 0.15) is 11.5 Å². The molecule has 0 bridgehead atoms. The van der Waals surface area contributed by atoms with Crippen LogP contribution in [0.3, 0.4) is 0 Å². The molecule has 2 fully saturated rings. The average Bonchev–Trinajstić information content (AvgIpc) is 3.39. The zero-order valence-electron chi connectivity index (χ0n) is 27.5. The van der Waals surface area contributed by atoms with Crippen LogP contribution < -0.4 is 9.64 Å². The molecule has 8 heteroatoms. The first-order valence-electron chi connectivity index (χ1n) is 16.8. The highest BCUT2D eigenvalue weighted by atomic mass is 35.5. The number of hydrogen-bond donors (Lipinski definition) is 1. The highest BCUT2D eigenvalue weighted by Crippen LogP contribution is 2.64. The largest absolute Gasteiger partial charge is 0.508 e. The molecule has 4 aromatic rings. The third-order valence-electron chi connectivity index (χ3n) is 11.3. The smallest absolute Gasteiger partial charge is 0.238 e. The summed E-state index contributed by atoms with van der Waals surface area (Å²) in [4.78, 5) is 60.1. The number of aryl methyl sites for hydroxylation is 1. The summed E-state index contributed by atoms with van der Waals surface area (Å²) in [6, 6.07) is 28.5. The van der Waals surface area contributed by atoms with Crippen molar-refractivity contribution >= 4 is 46.2 Å². The van der Waals surface area contributed by atoms with Gasteiger partial charge in [-0.2, -0.15) is 0 Å². The van der Waals surface area contributed by atoms with Crippen LogP contribution in [0.1, 0.15) is 41.0 Å². The Bertz CT molecular complexity index is 2160. The zero-order valence-corrected chi connectivity index (χ0v) is 28.3. The van der Waals surface area contributed by atoms with Gasteiger partial charge in [0.05, 0.1) is 30.0 Å². The lowest BCUT2D eigenvalue weighted by Gasteiger charge is -2.55. The summed E-state index contributed by atoms with van der Waals surface area (Å²) >= 11 is 6.46. The second kappa shape index (κ2) is 12.0. The first kappa shape index (κ1) is 32.0. The fourth-order valence-electron chi connectivity index (χ4n) is 9.13. The standard InChI is InChI=1S/C42H34ClNO6/c1-23-13-14-26(19-34(23)43)44-40(48)30-18-17-28-32(37(30)41(44)49)21-33-39(47)31(24-9-5-3-6-10-24)22-36(46)42(33,25-11-7-4-8-12-25)38(28)29-16-15-27(45)20-35(29)50-2/h3-17,19-20,22,30,32-33,37-38,45H,18,21H2,1-2H3. The van der Waals surface area contributed by atoms with Crippen LogP contribution in [0.5, 0.6) is 11.5 Å². The maximum absolute atomic E-state index is 15.2. The van der Waals surface area contributed by atoms with Gasteiger partial charge < -0.3 is 9.84 Å². The molecule has 2 amide bonds. The van der Waals surface area contributed by atoms with Crippen molar-refractivity contribution < 1.29 is 29.0 Å². The SMILES string of the molecule is COc1cc(O)ccc1C1C2=CCC3C(=O)N(c4ccc(C)c(Cl)c4)C(=O)C3C2CC2C(=O)C(c3ccccc3)=CC(=O)C21c1ccccc1. The fourth-order valence-corrected chi connectivity index (χ4v) is 9.31. The molecular weight excluding hydrogens is 650 g/mol. The van der Waals surface area contributed by atoms with Crippen molar-refractivity contribution in [1.82, 2.24) is 0 Å². The van der Waals surface area contributed by atoms with Gasteiger partial charge in [-0.3, -0.25) is 19.2 Å². The van der Waals surface area contributed by atoms with Crippen molar-refractivity contribution in [2.45, 2.75) is 31.1 Å². The molecule has 7 nitrogen and oxygen atoms in total. The van der Waals surface area contributed by atoms with Crippen molar-refractivity contribution in [3.05, 3.63) is 142 Å². The fraction of sp³-hybridized carbons (Fsp3) is 0.238. The number of methoxy groups -OCH3 is 1. The van der Waals surface area contributed by atoms with Gasteiger partial charge in [0.2, 0.25) is 11.8 Å². The minimum absolute atomic E-state index is 0.0118. The van der Waals surface area contributed by atoms with Crippen LogP contribution >= 0.6 is 11.6 Å². The van der Waals surface area contributed by atoms with Crippen molar-refractivity contribution in [2.75, 3.05) is 12.0 Å². The van der Waals surface area contributed by atoms with E-state index < -0.39 is 35.0 Å². The number of ketones is 2. The summed E-state index contributed by atoms with van der Waals surface area (Å²) < 4.78 is 5.85. The first-order chi connectivity index (χ1) is 24.2. The lowest BCUT2D eigenvalue weighted by Crippen LogP contribution is -2.58. The van der Waals surface area contributed by atoms with Crippen molar-refractivity contribution in [3.8, 4) is 11.5 Å². The topological polar surface area (TPSA) is 101 Å². The zero-order chi connectivity index (χ0) is 34.9. The van der Waals surface area contributed by atoms with Crippen LogP contribution in [0.15, 0.2) is 115 Å². The van der Waals surface area contributed by atoms with E-state index in [-0.39, 0.29) is 42.0 Å². The van der Waals surface area contributed by atoms with E-state index in [1.807, 2.05) is 73.7 Å². The third-order valence-corrected chi connectivity index (χ3v) is 11.7. The summed E-state index contributed by atoms with van der Waals surface area (Å²) in [5.41, 5.74) is 2.93. The lowest BCUT2D eigenvalue weighted by molar-refractivity contribution is -0.135. The summed E-state index contributed by atoms with van der Waals surface area (Å²) in [5.74, 6) is -4.27. The Hall–Kier alpha value is -5.27. The van der Waals surface area contributed by atoms with Gasteiger partial charge in [-0.15, -0.1) is 0 Å². The molecule has 250 valence electrons. The normalized spacial score (nSPS) is 27.3. The molecule has 8 rings (SSSR count). The lowest BCUT2D eigenvalue weighted by atomic mass is 9.44. The van der Waals surface area contributed by atoms with E-state index in [4.69, 9.17) is 16.3 Å². The van der Waals surface area contributed by atoms with E-state index in [0.29, 0.717) is 38.7 Å². The Kier molecular flexibility index (Phi) is 7.64. The van der Waals surface area contributed by atoms with Crippen molar-refractivity contribution in [3.63, 3.8) is 0 Å². The highest BCUT2D eigenvalue weighted by molar-refractivity contribution is 6.33. The number of amides is 2. The monoisotopic (exact) mass is 683 g/mol. The number of fused-ring (bicyclic) bond motifs is 4. The first-order valence-corrected chi connectivity index (χ1v) is 17.2. The number of halogens is 1. The number of aromatic hydroxyl groups is 1. The van der Waals surface area contributed by atoms with E-state index in [9.17, 15) is 14.7 Å². The van der Waals surface area contributed by atoms with Crippen LogP contribution in [0.2, 0.25) is 5.02 Å². The Morgan fingerprint density at radius 3 is 2.28 bits per heavy atom. The molecule has 4 aromatic carbocycles. The number of Topliss-reactive ketones (excluding diaryl/α,β-unsaturated/α-hetero) is 1. The van der Waals surface area contributed by atoms with Gasteiger partial charge in [0.25, 0.3) is 0 Å². The van der Waals surface area contributed by atoms with E-state index in [0.717, 1.165) is 11.1 Å². The summed E-state index contributed by atoms with van der Waals surface area (Å²) in [6.45, 7) is 1.86. The maximum Gasteiger partial charge on any atom is 0.238 e. The Labute approximate surface area is 294 Å². The van der Waals surface area contributed by atoms with Gasteiger partial charge in [-0.25, -0.2) is 4.90 Å². The Morgan fingerprint density at radius 1 is 0.860 bits per heavy atom. The Morgan fingerprint density at radius 2 is 1.58 bits per heavy atom. The number of ether oxygens (including phenoxy) is 1. The number of phenols is 1. The second-order valence-electron chi connectivity index (χ2n) is 13.7. The number of phenolic OH excluding ortho intramolecular Hbond substituents is 1. The van der Waals surface area contributed by atoms with Gasteiger partial charge in [-0.1, -0.05) is 96.0 Å². The van der Waals surface area contributed by atoms with E-state index in [2.05, 4.69) is 0 Å². The molecule has 1 heterocycles.